The van der Waals surface area contributed by atoms with E-state index in [-0.39, 0.29) is 50.1 Å². The highest BCUT2D eigenvalue weighted by Gasteiger charge is 2.42. The van der Waals surface area contributed by atoms with Crippen molar-refractivity contribution in [2.24, 2.45) is 5.92 Å². The van der Waals surface area contributed by atoms with Crippen LogP contribution in [-0.2, 0) is 10.0 Å². The maximum Gasteiger partial charge on any atom is 0.391 e. The highest BCUT2D eigenvalue weighted by Crippen LogP contribution is 2.42. The van der Waals surface area contributed by atoms with Gasteiger partial charge in [0.2, 0.25) is 0 Å². The summed E-state index contributed by atoms with van der Waals surface area (Å²) in [5, 5.41) is 3.43. The molecule has 1 aromatic carbocycles. The van der Waals surface area contributed by atoms with Crippen LogP contribution in [0.1, 0.15) is 30.9 Å². The molecule has 30 heavy (non-hydrogen) atoms. The minimum atomic E-state index is -4.28. The van der Waals surface area contributed by atoms with Crippen molar-refractivity contribution in [3.63, 3.8) is 0 Å². The van der Waals surface area contributed by atoms with Crippen molar-refractivity contribution in [1.82, 2.24) is 10.1 Å². The number of alkyl halides is 3. The van der Waals surface area contributed by atoms with Crippen molar-refractivity contribution in [3.8, 4) is 5.75 Å². The van der Waals surface area contributed by atoms with Crippen molar-refractivity contribution >= 4 is 15.8 Å². The second-order valence-electron chi connectivity index (χ2n) is 7.32. The van der Waals surface area contributed by atoms with Gasteiger partial charge in [0.1, 0.15) is 22.7 Å². The number of nitrogens with one attached hydrogen (secondary N) is 1. The Balaban J connectivity index is 1.57. The molecule has 2 aromatic rings. The van der Waals surface area contributed by atoms with Crippen molar-refractivity contribution in [2.45, 2.75) is 36.4 Å². The third-order valence-corrected chi connectivity index (χ3v) is 6.84. The summed E-state index contributed by atoms with van der Waals surface area (Å²) in [6.45, 7) is 0.700. The van der Waals surface area contributed by atoms with E-state index in [0.29, 0.717) is 12.0 Å². The summed E-state index contributed by atoms with van der Waals surface area (Å²) in [6.07, 6.45) is -2.62. The first kappa shape index (κ1) is 20.9. The molecule has 1 aromatic heterocycles. The fourth-order valence-corrected chi connectivity index (χ4v) is 5.02. The molecule has 2 aliphatic heterocycles. The summed E-state index contributed by atoms with van der Waals surface area (Å²) in [4.78, 5) is 1.27. The summed E-state index contributed by atoms with van der Waals surface area (Å²) in [7, 11) is -4.28. The van der Waals surface area contributed by atoms with E-state index in [0.717, 1.165) is 18.4 Å². The normalized spacial score (nSPS) is 21.1. The number of hydrogen-bond acceptors (Lipinski definition) is 6. The molecular weight excluding hydrogens is 430 g/mol. The van der Waals surface area contributed by atoms with E-state index in [1.807, 2.05) is 4.90 Å². The minimum Gasteiger partial charge on any atom is -0.493 e. The molecule has 1 atom stereocenters. The van der Waals surface area contributed by atoms with Gasteiger partial charge in [0.05, 0.1) is 12.5 Å². The zero-order valence-electron chi connectivity index (χ0n) is 15.7. The Morgan fingerprint density at radius 1 is 1.17 bits per heavy atom. The SMILES string of the molecule is O=S(=O)(Nc1ccon1)c1cc2c(cc1F)[C@@H](N1CCC(C(F)(F)F)CC1)CCO2. The maximum absolute atomic E-state index is 14.8. The van der Waals surface area contributed by atoms with Gasteiger partial charge in [0, 0.05) is 30.2 Å². The lowest BCUT2D eigenvalue weighted by atomic mass is 9.92. The number of aromatic nitrogens is 1. The third-order valence-electron chi connectivity index (χ3n) is 5.47. The molecule has 3 heterocycles. The first-order chi connectivity index (χ1) is 14.1. The summed E-state index contributed by atoms with van der Waals surface area (Å²) in [5.41, 5.74) is 0.435. The summed E-state index contributed by atoms with van der Waals surface area (Å²) < 4.78 is 90.8. The van der Waals surface area contributed by atoms with Gasteiger partial charge in [-0.15, -0.1) is 0 Å². The zero-order valence-corrected chi connectivity index (χ0v) is 16.5. The number of ether oxygens (including phenoxy) is 1. The number of nitrogens with zero attached hydrogens (tertiary/aromatic N) is 2. The van der Waals surface area contributed by atoms with Crippen LogP contribution in [0.4, 0.5) is 23.4 Å². The van der Waals surface area contributed by atoms with Crippen LogP contribution >= 0.6 is 0 Å². The quantitative estimate of drug-likeness (QED) is 0.717. The lowest BCUT2D eigenvalue weighted by Crippen LogP contribution is -2.42. The van der Waals surface area contributed by atoms with E-state index in [4.69, 9.17) is 4.74 Å². The maximum atomic E-state index is 14.8. The number of likely N-dealkylation sites (tertiary alicyclic amines) is 1. The highest BCUT2D eigenvalue weighted by atomic mass is 32.2. The van der Waals surface area contributed by atoms with Gasteiger partial charge in [-0.25, -0.2) is 12.8 Å². The molecule has 1 N–H and O–H groups in total. The van der Waals surface area contributed by atoms with Gasteiger partial charge in [-0.1, -0.05) is 5.16 Å². The van der Waals surface area contributed by atoms with Crippen LogP contribution in [-0.4, -0.2) is 44.3 Å². The van der Waals surface area contributed by atoms with Crippen LogP contribution in [0.3, 0.4) is 0 Å². The largest absolute Gasteiger partial charge is 0.493 e. The molecule has 0 saturated carbocycles. The Morgan fingerprint density at radius 3 is 2.53 bits per heavy atom. The summed E-state index contributed by atoms with van der Waals surface area (Å²) in [6, 6.07) is 3.12. The molecule has 164 valence electrons. The van der Waals surface area contributed by atoms with Crippen molar-refractivity contribution in [3.05, 3.63) is 35.8 Å². The Hall–Kier alpha value is -2.34. The Labute approximate surface area is 170 Å². The molecule has 12 heteroatoms. The molecular formula is C18H19F4N3O4S. The number of fused-ring (bicyclic) bond motifs is 1. The molecule has 0 radical (unpaired) electrons. The molecule has 0 unspecified atom stereocenters. The number of halogens is 4. The van der Waals surface area contributed by atoms with E-state index in [9.17, 15) is 26.0 Å². The lowest BCUT2D eigenvalue weighted by molar-refractivity contribution is -0.186. The van der Waals surface area contributed by atoms with Gasteiger partial charge >= 0.3 is 6.18 Å². The first-order valence-electron chi connectivity index (χ1n) is 9.35. The molecule has 0 aliphatic carbocycles. The van der Waals surface area contributed by atoms with E-state index in [1.54, 1.807) is 0 Å². The fourth-order valence-electron chi connectivity index (χ4n) is 3.95. The van der Waals surface area contributed by atoms with E-state index >= 15 is 0 Å². The molecule has 1 saturated heterocycles. The molecule has 2 aliphatic rings. The predicted molar refractivity (Wildman–Crippen MR) is 96.9 cm³/mol. The lowest BCUT2D eigenvalue weighted by Gasteiger charge is -2.40. The highest BCUT2D eigenvalue weighted by molar-refractivity contribution is 7.92. The van der Waals surface area contributed by atoms with Crippen molar-refractivity contribution in [2.75, 3.05) is 24.4 Å². The topological polar surface area (TPSA) is 84.7 Å². The van der Waals surface area contributed by atoms with Crippen molar-refractivity contribution in [1.29, 1.82) is 0 Å². The number of benzene rings is 1. The molecule has 0 amide bonds. The van der Waals surface area contributed by atoms with Gasteiger partial charge in [-0.3, -0.25) is 9.62 Å². The van der Waals surface area contributed by atoms with E-state index in [1.165, 1.54) is 6.07 Å². The van der Waals surface area contributed by atoms with Gasteiger partial charge in [-0.05, 0) is 32.0 Å². The average Bonchev–Trinajstić information content (AvgIpc) is 3.18. The van der Waals surface area contributed by atoms with Crippen molar-refractivity contribution < 1.29 is 35.2 Å². The van der Waals surface area contributed by atoms with Crippen LogP contribution < -0.4 is 9.46 Å². The predicted octanol–water partition coefficient (Wildman–Crippen LogP) is 3.71. The molecule has 7 nitrogen and oxygen atoms in total. The fraction of sp³-hybridized carbons (Fsp3) is 0.500. The molecule has 1 fully saturated rings. The van der Waals surface area contributed by atoms with Crippen LogP contribution in [0.15, 0.2) is 33.9 Å². The Morgan fingerprint density at radius 2 is 1.90 bits per heavy atom. The second kappa shape index (κ2) is 7.73. The minimum absolute atomic E-state index is 0.0211. The molecule has 4 rings (SSSR count). The van der Waals surface area contributed by atoms with Gasteiger partial charge in [0.15, 0.2) is 5.82 Å². The van der Waals surface area contributed by atoms with Crippen LogP contribution in [0.5, 0.6) is 5.75 Å². The monoisotopic (exact) mass is 449 g/mol. The number of piperidine rings is 1. The number of sulfonamides is 1. The smallest absolute Gasteiger partial charge is 0.391 e. The summed E-state index contributed by atoms with van der Waals surface area (Å²) >= 11 is 0. The third kappa shape index (κ3) is 4.10. The van der Waals surface area contributed by atoms with E-state index < -0.39 is 32.8 Å². The summed E-state index contributed by atoms with van der Waals surface area (Å²) in [5.74, 6) is -2.21. The van der Waals surface area contributed by atoms with Crippen LogP contribution in [0, 0.1) is 11.7 Å². The zero-order chi connectivity index (χ0) is 21.5. The van der Waals surface area contributed by atoms with Crippen LogP contribution in [0.2, 0.25) is 0 Å². The first-order valence-corrected chi connectivity index (χ1v) is 10.8. The Kier molecular flexibility index (Phi) is 5.39. The average molecular weight is 449 g/mol. The van der Waals surface area contributed by atoms with E-state index in [2.05, 4.69) is 14.4 Å². The standard InChI is InChI=1S/C18H19F4N3O4S/c19-13-9-12-14(25-5-1-11(2-6-25)18(20,21)22)3-7-28-15(12)10-16(13)30(26,27)24-17-4-8-29-23-17/h4,8-11,14H,1-3,5-7H2,(H,23,24)/t14-/m0/s1. The number of hydrogen-bond donors (Lipinski definition) is 1. The van der Waals surface area contributed by atoms with Gasteiger partial charge in [-0.2, -0.15) is 13.2 Å². The van der Waals surface area contributed by atoms with Crippen LogP contribution in [0.25, 0.3) is 0 Å². The second-order valence-corrected chi connectivity index (χ2v) is 8.97. The van der Waals surface area contributed by atoms with Gasteiger partial charge in [0.25, 0.3) is 10.0 Å². The number of rotatable bonds is 4. The Bertz CT molecular complexity index is 1000. The molecule has 0 spiro atoms. The van der Waals surface area contributed by atoms with Gasteiger partial charge < -0.3 is 9.26 Å². The number of anilines is 1. The molecule has 0 bridgehead atoms.